The molecule has 4 rings (SSSR count). The summed E-state index contributed by atoms with van der Waals surface area (Å²) in [5.74, 6) is 2.32. The average molecular weight is 372 g/mol. The van der Waals surface area contributed by atoms with E-state index in [0.717, 1.165) is 56.2 Å². The number of aromatic nitrogens is 3. The largest absolute Gasteiger partial charge is 0.391 e. The summed E-state index contributed by atoms with van der Waals surface area (Å²) >= 11 is 0. The normalized spacial score (nSPS) is 24.1. The van der Waals surface area contributed by atoms with E-state index in [2.05, 4.69) is 50.0 Å². The molecule has 0 unspecified atom stereocenters. The third-order valence-corrected chi connectivity index (χ3v) is 5.60. The molecule has 0 radical (unpaired) electrons. The number of likely N-dealkylation sites (N-methyl/N-ethyl adjacent to an activating group) is 1. The highest BCUT2D eigenvalue weighted by atomic mass is 16.5. The summed E-state index contributed by atoms with van der Waals surface area (Å²) in [4.78, 5) is 15.7. The Kier molecular flexibility index (Phi) is 5.27. The molecule has 27 heavy (non-hydrogen) atoms. The van der Waals surface area contributed by atoms with Gasteiger partial charge in [0.1, 0.15) is 24.2 Å². The Hall–Kier alpha value is -2.19. The second-order valence-corrected chi connectivity index (χ2v) is 7.88. The average Bonchev–Trinajstić information content (AvgIpc) is 3.31. The van der Waals surface area contributed by atoms with Gasteiger partial charge in [-0.2, -0.15) is 0 Å². The maximum absolute atomic E-state index is 10.2. The minimum atomic E-state index is -0.299. The Bertz CT molecular complexity index is 730. The molecule has 1 N–H and O–H groups in total. The van der Waals surface area contributed by atoms with Gasteiger partial charge in [0.05, 0.1) is 11.8 Å². The summed E-state index contributed by atoms with van der Waals surface area (Å²) in [5.41, 5.74) is 1.05. The van der Waals surface area contributed by atoms with Gasteiger partial charge < -0.3 is 24.3 Å². The molecular weight excluding hydrogens is 344 g/mol. The van der Waals surface area contributed by atoms with Gasteiger partial charge >= 0.3 is 0 Å². The molecule has 2 aliphatic rings. The van der Waals surface area contributed by atoms with Gasteiger partial charge in [0.15, 0.2) is 0 Å². The number of β-amino-alcohol motifs (C(OH)–C–C–N with tert-alkyl or cyclic N) is 1. The standard InChI is InChI=1S/C19H28N6O2/c1-23(2)11-15-9-16(26)12-25(15)19-10-18(20-13-21-19)24-6-3-14(4-7-24)17-5-8-27-22-17/h5,8,10,13-16,26H,3-4,6-7,9,11-12H2,1-2H3/t15-,16-/m1/s1. The monoisotopic (exact) mass is 372 g/mol. The number of rotatable bonds is 5. The lowest BCUT2D eigenvalue weighted by molar-refractivity contribution is 0.191. The number of hydrogen-bond donors (Lipinski definition) is 1. The Balaban J connectivity index is 1.45. The van der Waals surface area contributed by atoms with Crippen molar-refractivity contribution in [3.05, 3.63) is 30.4 Å². The fraction of sp³-hybridized carbons (Fsp3) is 0.632. The summed E-state index contributed by atoms with van der Waals surface area (Å²) in [7, 11) is 4.13. The lowest BCUT2D eigenvalue weighted by Gasteiger charge is -2.33. The van der Waals surface area contributed by atoms with Crippen molar-refractivity contribution in [1.29, 1.82) is 0 Å². The van der Waals surface area contributed by atoms with Crippen LogP contribution in [0.25, 0.3) is 0 Å². The van der Waals surface area contributed by atoms with Crippen molar-refractivity contribution in [3.8, 4) is 0 Å². The predicted octanol–water partition coefficient (Wildman–Crippen LogP) is 1.35. The highest BCUT2D eigenvalue weighted by Gasteiger charge is 2.32. The van der Waals surface area contributed by atoms with Crippen LogP contribution in [0.3, 0.4) is 0 Å². The van der Waals surface area contributed by atoms with Crippen molar-refractivity contribution in [3.63, 3.8) is 0 Å². The van der Waals surface area contributed by atoms with Crippen LogP contribution in [0.2, 0.25) is 0 Å². The molecule has 8 nitrogen and oxygen atoms in total. The fourth-order valence-electron chi connectivity index (χ4n) is 4.27. The molecule has 0 saturated carbocycles. The third kappa shape index (κ3) is 4.06. The first-order valence-corrected chi connectivity index (χ1v) is 9.67. The Morgan fingerprint density at radius 1 is 1.22 bits per heavy atom. The number of hydrogen-bond acceptors (Lipinski definition) is 8. The van der Waals surface area contributed by atoms with E-state index >= 15 is 0 Å². The number of anilines is 2. The first-order chi connectivity index (χ1) is 13.1. The number of nitrogens with zero attached hydrogens (tertiary/aromatic N) is 6. The Morgan fingerprint density at radius 3 is 2.70 bits per heavy atom. The number of piperidine rings is 1. The molecule has 2 fully saturated rings. The lowest BCUT2D eigenvalue weighted by Crippen LogP contribution is -2.38. The topological polar surface area (TPSA) is 81.8 Å². The summed E-state index contributed by atoms with van der Waals surface area (Å²) in [6, 6.07) is 4.31. The molecule has 146 valence electrons. The minimum absolute atomic E-state index is 0.274. The van der Waals surface area contributed by atoms with Gasteiger partial charge in [0, 0.05) is 50.3 Å². The molecule has 4 heterocycles. The molecule has 2 saturated heterocycles. The second kappa shape index (κ2) is 7.82. The summed E-state index contributed by atoms with van der Waals surface area (Å²) in [6.45, 7) is 3.41. The number of aliphatic hydroxyl groups is 1. The van der Waals surface area contributed by atoms with Crippen molar-refractivity contribution >= 4 is 11.6 Å². The first-order valence-electron chi connectivity index (χ1n) is 9.67. The van der Waals surface area contributed by atoms with Crippen LogP contribution in [-0.4, -0.2) is 77.6 Å². The molecule has 0 amide bonds. The Morgan fingerprint density at radius 2 is 2.00 bits per heavy atom. The quantitative estimate of drug-likeness (QED) is 0.842. The van der Waals surface area contributed by atoms with E-state index in [0.29, 0.717) is 12.5 Å². The summed E-state index contributed by atoms with van der Waals surface area (Å²) < 4.78 is 4.98. The highest BCUT2D eigenvalue weighted by molar-refractivity contribution is 5.52. The van der Waals surface area contributed by atoms with Gasteiger partial charge in [-0.3, -0.25) is 0 Å². The van der Waals surface area contributed by atoms with Crippen molar-refractivity contribution < 1.29 is 9.63 Å². The second-order valence-electron chi connectivity index (χ2n) is 7.88. The van der Waals surface area contributed by atoms with Crippen molar-refractivity contribution in [1.82, 2.24) is 20.0 Å². The lowest BCUT2D eigenvalue weighted by atomic mass is 9.94. The van der Waals surface area contributed by atoms with Crippen LogP contribution in [0.15, 0.2) is 29.2 Å². The Labute approximate surface area is 159 Å². The van der Waals surface area contributed by atoms with Crippen LogP contribution in [0.1, 0.15) is 30.9 Å². The van der Waals surface area contributed by atoms with Crippen LogP contribution in [0.4, 0.5) is 11.6 Å². The number of aliphatic hydroxyl groups excluding tert-OH is 1. The van der Waals surface area contributed by atoms with E-state index in [1.165, 1.54) is 0 Å². The SMILES string of the molecule is CN(C)C[C@H]1C[C@@H](O)CN1c1cc(N2CCC(c3ccon3)CC2)ncn1. The first kappa shape index (κ1) is 18.2. The van der Waals surface area contributed by atoms with E-state index in [9.17, 15) is 5.11 Å². The van der Waals surface area contributed by atoms with Crippen molar-refractivity contribution in [2.75, 3.05) is 50.1 Å². The highest BCUT2D eigenvalue weighted by Crippen LogP contribution is 2.31. The zero-order chi connectivity index (χ0) is 18.8. The molecule has 2 aromatic heterocycles. The van der Waals surface area contributed by atoms with Gasteiger partial charge in [-0.05, 0) is 33.4 Å². The van der Waals surface area contributed by atoms with Gasteiger partial charge in [0.25, 0.3) is 0 Å². The van der Waals surface area contributed by atoms with Gasteiger partial charge in [-0.15, -0.1) is 0 Å². The third-order valence-electron chi connectivity index (χ3n) is 5.60. The molecule has 0 aromatic carbocycles. The van der Waals surface area contributed by atoms with Crippen LogP contribution < -0.4 is 9.80 Å². The van der Waals surface area contributed by atoms with E-state index in [1.54, 1.807) is 12.6 Å². The molecule has 2 atom stereocenters. The van der Waals surface area contributed by atoms with E-state index < -0.39 is 0 Å². The molecule has 0 bridgehead atoms. The molecule has 8 heteroatoms. The smallest absolute Gasteiger partial charge is 0.134 e. The van der Waals surface area contributed by atoms with Gasteiger partial charge in [-0.25, -0.2) is 9.97 Å². The maximum Gasteiger partial charge on any atom is 0.134 e. The minimum Gasteiger partial charge on any atom is -0.391 e. The summed E-state index contributed by atoms with van der Waals surface area (Å²) in [6.07, 6.45) is 5.85. The van der Waals surface area contributed by atoms with Crippen LogP contribution in [0, 0.1) is 0 Å². The zero-order valence-corrected chi connectivity index (χ0v) is 16.0. The van der Waals surface area contributed by atoms with Crippen LogP contribution in [-0.2, 0) is 0 Å². The molecule has 2 aliphatic heterocycles. The molecule has 0 aliphatic carbocycles. The molecule has 2 aromatic rings. The maximum atomic E-state index is 10.2. The van der Waals surface area contributed by atoms with Gasteiger partial charge in [0.2, 0.25) is 0 Å². The summed E-state index contributed by atoms with van der Waals surface area (Å²) in [5, 5.41) is 14.2. The molecular formula is C19H28N6O2. The van der Waals surface area contributed by atoms with Crippen LogP contribution >= 0.6 is 0 Å². The van der Waals surface area contributed by atoms with E-state index in [4.69, 9.17) is 4.52 Å². The zero-order valence-electron chi connectivity index (χ0n) is 16.0. The van der Waals surface area contributed by atoms with Crippen molar-refractivity contribution in [2.45, 2.75) is 37.3 Å². The predicted molar refractivity (Wildman–Crippen MR) is 103 cm³/mol. The van der Waals surface area contributed by atoms with Crippen LogP contribution in [0.5, 0.6) is 0 Å². The van der Waals surface area contributed by atoms with Gasteiger partial charge in [-0.1, -0.05) is 5.16 Å². The van der Waals surface area contributed by atoms with E-state index in [-0.39, 0.29) is 12.1 Å². The van der Waals surface area contributed by atoms with Crippen molar-refractivity contribution in [2.24, 2.45) is 0 Å². The molecule has 0 spiro atoms. The fourth-order valence-corrected chi connectivity index (χ4v) is 4.27. The van der Waals surface area contributed by atoms with E-state index in [1.807, 2.05) is 6.07 Å².